The Labute approximate surface area is 173 Å². The van der Waals surface area contributed by atoms with Crippen LogP contribution in [0.4, 0.5) is 0 Å². The van der Waals surface area contributed by atoms with Gasteiger partial charge in [-0.2, -0.15) is 0 Å². The average Bonchev–Trinajstić information content (AvgIpc) is 3.09. The molecule has 0 spiro atoms. The minimum Gasteiger partial charge on any atom is -0.374 e. The van der Waals surface area contributed by atoms with E-state index in [9.17, 15) is 9.59 Å². The number of nitrogens with zero attached hydrogens (tertiary/aromatic N) is 1. The molecule has 1 saturated heterocycles. The molecule has 1 heterocycles. The number of carbonyl (C=O) groups excluding carboxylic acids is 2. The highest BCUT2D eigenvalue weighted by Crippen LogP contribution is 2.17. The zero-order valence-electron chi connectivity index (χ0n) is 18.8. The third kappa shape index (κ3) is 13.3. The Balaban J connectivity index is 1.83. The Kier molecular flexibility index (Phi) is 14.3. The predicted molar refractivity (Wildman–Crippen MR) is 117 cm³/mol. The molecule has 1 fully saturated rings. The van der Waals surface area contributed by atoms with Crippen LogP contribution in [-0.4, -0.2) is 41.9 Å². The maximum absolute atomic E-state index is 12.3. The highest BCUT2D eigenvalue weighted by atomic mass is 16.5. The fourth-order valence-electron chi connectivity index (χ4n) is 4.03. The molecule has 1 rings (SSSR count). The smallest absolute Gasteiger partial charge is 0.222 e. The second-order valence-corrected chi connectivity index (χ2v) is 8.88. The van der Waals surface area contributed by atoms with Crippen molar-refractivity contribution < 1.29 is 14.3 Å². The summed E-state index contributed by atoms with van der Waals surface area (Å²) in [5, 5.41) is 0. The van der Waals surface area contributed by atoms with E-state index >= 15 is 0 Å². The lowest BCUT2D eigenvalue weighted by Gasteiger charge is -2.18. The molecule has 0 aromatic rings. The topological polar surface area (TPSA) is 46.6 Å². The number of hydrogen-bond acceptors (Lipinski definition) is 3. The number of ketones is 1. The van der Waals surface area contributed by atoms with Gasteiger partial charge in [0.25, 0.3) is 0 Å². The first-order chi connectivity index (χ1) is 13.5. The molecule has 0 aliphatic carbocycles. The van der Waals surface area contributed by atoms with Crippen molar-refractivity contribution in [2.24, 2.45) is 0 Å². The molecular weight excluding hydrogens is 350 g/mol. The zero-order valence-corrected chi connectivity index (χ0v) is 18.8. The van der Waals surface area contributed by atoms with Gasteiger partial charge in [-0.3, -0.25) is 4.79 Å². The van der Waals surface area contributed by atoms with Crippen molar-refractivity contribution in [2.45, 2.75) is 129 Å². The molecule has 0 N–H and O–H groups in total. The first kappa shape index (κ1) is 25.1. The molecule has 0 aromatic heterocycles. The molecule has 0 bridgehead atoms. The molecule has 4 heteroatoms. The van der Waals surface area contributed by atoms with Gasteiger partial charge >= 0.3 is 0 Å². The van der Waals surface area contributed by atoms with E-state index in [4.69, 9.17) is 4.74 Å². The van der Waals surface area contributed by atoms with E-state index in [0.29, 0.717) is 18.1 Å². The van der Waals surface area contributed by atoms with E-state index in [1.54, 1.807) is 6.92 Å². The normalized spacial score (nSPS) is 16.9. The monoisotopic (exact) mass is 395 g/mol. The number of unbranched alkanes of at least 4 members (excludes halogenated alkanes) is 11. The standard InChI is InChI=1S/C24H45NO3/c1-21(2)28-23-18-19-25(20-23)24(27)17-15-13-11-9-7-5-4-6-8-10-12-14-16-22(3)26/h21,23H,4-20H2,1-3H3/t23-/m0/s1. The molecule has 0 radical (unpaired) electrons. The quantitative estimate of drug-likeness (QED) is 0.281. The van der Waals surface area contributed by atoms with Crippen molar-refractivity contribution in [3.63, 3.8) is 0 Å². The molecule has 164 valence electrons. The Bertz CT molecular complexity index is 422. The van der Waals surface area contributed by atoms with Gasteiger partial charge in [0.1, 0.15) is 5.78 Å². The number of Topliss-reactive ketones (excluding diaryl/α,β-unsaturated/α-hetero) is 1. The molecule has 1 amide bonds. The SMILES string of the molecule is CC(=O)CCCCCCCCCCCCCCC(=O)N1CC[C@H](OC(C)C)C1. The van der Waals surface area contributed by atoms with Crippen LogP contribution in [0.2, 0.25) is 0 Å². The van der Waals surface area contributed by atoms with Crippen LogP contribution < -0.4 is 0 Å². The minimum atomic E-state index is 0.240. The van der Waals surface area contributed by atoms with E-state index in [-0.39, 0.29) is 12.2 Å². The molecule has 28 heavy (non-hydrogen) atoms. The van der Waals surface area contributed by atoms with Crippen LogP contribution in [0.25, 0.3) is 0 Å². The van der Waals surface area contributed by atoms with Crippen molar-refractivity contribution >= 4 is 11.7 Å². The average molecular weight is 396 g/mol. The summed E-state index contributed by atoms with van der Waals surface area (Å²) in [6.07, 6.45) is 18.0. The van der Waals surface area contributed by atoms with Crippen molar-refractivity contribution in [2.75, 3.05) is 13.1 Å². The second kappa shape index (κ2) is 16.0. The molecule has 0 aromatic carbocycles. The number of rotatable bonds is 17. The van der Waals surface area contributed by atoms with E-state index < -0.39 is 0 Å². The maximum Gasteiger partial charge on any atom is 0.222 e. The number of likely N-dealkylation sites (tertiary alicyclic amines) is 1. The van der Waals surface area contributed by atoms with Gasteiger partial charge in [-0.15, -0.1) is 0 Å². The summed E-state index contributed by atoms with van der Waals surface area (Å²) in [5.41, 5.74) is 0. The lowest BCUT2D eigenvalue weighted by molar-refractivity contribution is -0.131. The fraction of sp³-hybridized carbons (Fsp3) is 0.917. The Morgan fingerprint density at radius 1 is 0.821 bits per heavy atom. The van der Waals surface area contributed by atoms with Gasteiger partial charge in [0.15, 0.2) is 0 Å². The van der Waals surface area contributed by atoms with Gasteiger partial charge in [-0.25, -0.2) is 0 Å². The number of ether oxygens (including phenoxy) is 1. The number of hydrogen-bond donors (Lipinski definition) is 0. The van der Waals surface area contributed by atoms with Crippen LogP contribution in [0.1, 0.15) is 117 Å². The molecule has 1 aliphatic rings. The van der Waals surface area contributed by atoms with E-state index in [2.05, 4.69) is 13.8 Å². The van der Waals surface area contributed by atoms with Gasteiger partial charge in [0, 0.05) is 25.9 Å². The maximum atomic E-state index is 12.3. The molecule has 0 saturated carbocycles. The third-order valence-electron chi connectivity index (χ3n) is 5.63. The number of amides is 1. The van der Waals surface area contributed by atoms with E-state index in [1.165, 1.54) is 64.2 Å². The highest BCUT2D eigenvalue weighted by molar-refractivity contribution is 5.76. The molecule has 1 atom stereocenters. The van der Waals surface area contributed by atoms with Gasteiger partial charge < -0.3 is 14.4 Å². The van der Waals surface area contributed by atoms with E-state index in [0.717, 1.165) is 38.8 Å². The summed E-state index contributed by atoms with van der Waals surface area (Å²) in [7, 11) is 0. The first-order valence-corrected chi connectivity index (χ1v) is 11.9. The summed E-state index contributed by atoms with van der Waals surface area (Å²) in [6, 6.07) is 0. The number of carbonyl (C=O) groups is 2. The van der Waals surface area contributed by atoms with Gasteiger partial charge in [0.05, 0.1) is 12.2 Å². The van der Waals surface area contributed by atoms with Crippen LogP contribution in [0.15, 0.2) is 0 Å². The summed E-state index contributed by atoms with van der Waals surface area (Å²) >= 11 is 0. The summed E-state index contributed by atoms with van der Waals surface area (Å²) in [6.45, 7) is 7.46. The van der Waals surface area contributed by atoms with Gasteiger partial charge in [-0.05, 0) is 40.0 Å². The minimum absolute atomic E-state index is 0.240. The van der Waals surface area contributed by atoms with Gasteiger partial charge in [-0.1, -0.05) is 64.2 Å². The van der Waals surface area contributed by atoms with Crippen LogP contribution in [0.5, 0.6) is 0 Å². The predicted octanol–water partition coefficient (Wildman–Crippen LogP) is 6.06. The van der Waals surface area contributed by atoms with E-state index in [1.807, 2.05) is 4.90 Å². The van der Waals surface area contributed by atoms with Crippen LogP contribution in [0.3, 0.4) is 0 Å². The van der Waals surface area contributed by atoms with Crippen molar-refractivity contribution in [3.8, 4) is 0 Å². The van der Waals surface area contributed by atoms with Gasteiger partial charge in [0.2, 0.25) is 5.91 Å². The molecule has 0 unspecified atom stereocenters. The molecular formula is C24H45NO3. The zero-order chi connectivity index (χ0) is 20.6. The Hall–Kier alpha value is -0.900. The van der Waals surface area contributed by atoms with Crippen molar-refractivity contribution in [3.05, 3.63) is 0 Å². The lowest BCUT2D eigenvalue weighted by atomic mass is 10.0. The van der Waals surface area contributed by atoms with Crippen LogP contribution in [-0.2, 0) is 14.3 Å². The summed E-state index contributed by atoms with van der Waals surface area (Å²) < 4.78 is 5.82. The van der Waals surface area contributed by atoms with Crippen LogP contribution in [0, 0.1) is 0 Å². The largest absolute Gasteiger partial charge is 0.374 e. The summed E-state index contributed by atoms with van der Waals surface area (Å²) in [4.78, 5) is 25.1. The van der Waals surface area contributed by atoms with Crippen molar-refractivity contribution in [1.29, 1.82) is 0 Å². The Morgan fingerprint density at radius 2 is 1.29 bits per heavy atom. The fourth-order valence-corrected chi connectivity index (χ4v) is 4.03. The highest BCUT2D eigenvalue weighted by Gasteiger charge is 2.26. The molecule has 4 nitrogen and oxygen atoms in total. The Morgan fingerprint density at radius 3 is 1.75 bits per heavy atom. The summed E-state index contributed by atoms with van der Waals surface area (Å²) in [5.74, 6) is 0.642. The molecule has 1 aliphatic heterocycles. The van der Waals surface area contributed by atoms with Crippen LogP contribution >= 0.6 is 0 Å². The van der Waals surface area contributed by atoms with Crippen molar-refractivity contribution in [1.82, 2.24) is 4.90 Å². The second-order valence-electron chi connectivity index (χ2n) is 8.88. The first-order valence-electron chi connectivity index (χ1n) is 11.9. The lowest BCUT2D eigenvalue weighted by Crippen LogP contribution is -2.30. The third-order valence-corrected chi connectivity index (χ3v) is 5.63.